The van der Waals surface area contributed by atoms with Crippen molar-refractivity contribution in [2.24, 2.45) is 0 Å². The zero-order chi connectivity index (χ0) is 17.6. The van der Waals surface area contributed by atoms with E-state index in [1.54, 1.807) is 13.4 Å². The van der Waals surface area contributed by atoms with Gasteiger partial charge in [0, 0.05) is 11.5 Å². The molecule has 6 heteroatoms. The fourth-order valence-electron chi connectivity index (χ4n) is 3.00. The molecular formula is C19H22N4O2. The van der Waals surface area contributed by atoms with Crippen LogP contribution in [0.3, 0.4) is 0 Å². The normalized spacial score (nSPS) is 14.1. The Morgan fingerprint density at radius 1 is 1.20 bits per heavy atom. The lowest BCUT2D eigenvalue weighted by Gasteiger charge is -2.08. The van der Waals surface area contributed by atoms with Crippen LogP contribution in [0.4, 0.5) is 0 Å². The number of aromatic nitrogens is 4. The quantitative estimate of drug-likeness (QED) is 0.708. The second-order valence-corrected chi connectivity index (χ2v) is 6.73. The Balaban J connectivity index is 1.62. The SMILES string of the molecule is COc1cc(C)c(-c2nc(Cn3cnc(C4CC4)n3)c(C)o2)cc1C. The average molecular weight is 338 g/mol. The monoisotopic (exact) mass is 338 g/mol. The van der Waals surface area contributed by atoms with Crippen LogP contribution in [0.2, 0.25) is 0 Å². The van der Waals surface area contributed by atoms with Crippen molar-refractivity contribution >= 4 is 0 Å². The van der Waals surface area contributed by atoms with Crippen LogP contribution in [-0.4, -0.2) is 26.9 Å². The van der Waals surface area contributed by atoms with Crippen molar-refractivity contribution in [3.05, 3.63) is 46.9 Å². The van der Waals surface area contributed by atoms with Crippen molar-refractivity contribution in [3.63, 3.8) is 0 Å². The van der Waals surface area contributed by atoms with Gasteiger partial charge in [0.1, 0.15) is 23.5 Å². The molecule has 0 spiro atoms. The maximum Gasteiger partial charge on any atom is 0.226 e. The molecule has 130 valence electrons. The first-order valence-corrected chi connectivity index (χ1v) is 8.56. The lowest BCUT2D eigenvalue weighted by molar-refractivity contribution is 0.411. The van der Waals surface area contributed by atoms with E-state index in [0.29, 0.717) is 18.4 Å². The van der Waals surface area contributed by atoms with Crippen LogP contribution in [-0.2, 0) is 6.54 Å². The van der Waals surface area contributed by atoms with Gasteiger partial charge in [-0.3, -0.25) is 0 Å². The van der Waals surface area contributed by atoms with E-state index in [1.807, 2.05) is 31.5 Å². The smallest absolute Gasteiger partial charge is 0.226 e. The van der Waals surface area contributed by atoms with E-state index in [9.17, 15) is 0 Å². The number of aryl methyl sites for hydroxylation is 3. The zero-order valence-electron chi connectivity index (χ0n) is 15.0. The Labute approximate surface area is 146 Å². The Morgan fingerprint density at radius 2 is 2.00 bits per heavy atom. The predicted octanol–water partition coefficient (Wildman–Crippen LogP) is 3.79. The largest absolute Gasteiger partial charge is 0.496 e. The van der Waals surface area contributed by atoms with Gasteiger partial charge >= 0.3 is 0 Å². The summed E-state index contributed by atoms with van der Waals surface area (Å²) < 4.78 is 13.2. The fraction of sp³-hybridized carbons (Fsp3) is 0.421. The molecule has 1 aliphatic rings. The van der Waals surface area contributed by atoms with E-state index in [1.165, 1.54) is 12.8 Å². The highest BCUT2D eigenvalue weighted by molar-refractivity contribution is 5.62. The molecule has 0 bridgehead atoms. The van der Waals surface area contributed by atoms with Gasteiger partial charge in [-0.05, 0) is 56.9 Å². The molecule has 6 nitrogen and oxygen atoms in total. The van der Waals surface area contributed by atoms with Crippen LogP contribution in [0, 0.1) is 20.8 Å². The van der Waals surface area contributed by atoms with Gasteiger partial charge in [-0.15, -0.1) is 0 Å². The first-order valence-electron chi connectivity index (χ1n) is 8.56. The summed E-state index contributed by atoms with van der Waals surface area (Å²) in [4.78, 5) is 9.10. The highest BCUT2D eigenvalue weighted by Crippen LogP contribution is 2.37. The van der Waals surface area contributed by atoms with Crippen LogP contribution in [0.15, 0.2) is 22.9 Å². The molecule has 0 N–H and O–H groups in total. The summed E-state index contributed by atoms with van der Waals surface area (Å²) in [6.45, 7) is 6.57. The number of benzene rings is 1. The van der Waals surface area contributed by atoms with E-state index < -0.39 is 0 Å². The molecule has 1 aromatic carbocycles. The third kappa shape index (κ3) is 3.04. The van der Waals surface area contributed by atoms with Crippen molar-refractivity contribution in [2.45, 2.75) is 46.1 Å². The summed E-state index contributed by atoms with van der Waals surface area (Å²) in [5, 5.41) is 4.55. The van der Waals surface area contributed by atoms with Gasteiger partial charge in [0.15, 0.2) is 5.82 Å². The molecule has 25 heavy (non-hydrogen) atoms. The minimum absolute atomic E-state index is 0.556. The van der Waals surface area contributed by atoms with Crippen LogP contribution < -0.4 is 4.74 Å². The summed E-state index contributed by atoms with van der Waals surface area (Å²) in [7, 11) is 1.68. The minimum Gasteiger partial charge on any atom is -0.496 e. The first kappa shape index (κ1) is 15.9. The third-order valence-corrected chi connectivity index (χ3v) is 4.67. The van der Waals surface area contributed by atoms with Gasteiger partial charge in [-0.25, -0.2) is 14.6 Å². The highest BCUT2D eigenvalue weighted by Gasteiger charge is 2.27. The van der Waals surface area contributed by atoms with Crippen LogP contribution in [0.5, 0.6) is 5.75 Å². The molecule has 0 amide bonds. The van der Waals surface area contributed by atoms with Gasteiger partial charge in [-0.1, -0.05) is 0 Å². The lowest BCUT2D eigenvalue weighted by atomic mass is 10.0. The molecule has 1 fully saturated rings. The molecule has 4 rings (SSSR count). The summed E-state index contributed by atoms with van der Waals surface area (Å²) in [5.74, 6) is 3.83. The Morgan fingerprint density at radius 3 is 2.72 bits per heavy atom. The molecule has 2 heterocycles. The number of ether oxygens (including phenoxy) is 1. The number of methoxy groups -OCH3 is 1. The lowest BCUT2D eigenvalue weighted by Crippen LogP contribution is -2.02. The van der Waals surface area contributed by atoms with E-state index in [0.717, 1.165) is 39.7 Å². The van der Waals surface area contributed by atoms with Gasteiger partial charge < -0.3 is 9.15 Å². The van der Waals surface area contributed by atoms with E-state index in [2.05, 4.69) is 16.1 Å². The summed E-state index contributed by atoms with van der Waals surface area (Å²) in [6, 6.07) is 4.08. The van der Waals surface area contributed by atoms with Crippen molar-refractivity contribution < 1.29 is 9.15 Å². The van der Waals surface area contributed by atoms with Crippen molar-refractivity contribution in [1.82, 2.24) is 19.7 Å². The molecule has 1 aliphatic carbocycles. The van der Waals surface area contributed by atoms with E-state index >= 15 is 0 Å². The topological polar surface area (TPSA) is 66.0 Å². The summed E-state index contributed by atoms with van der Waals surface area (Å²) in [5.41, 5.74) is 4.01. The minimum atomic E-state index is 0.556. The number of rotatable bonds is 5. The fourth-order valence-corrected chi connectivity index (χ4v) is 3.00. The number of oxazole rings is 1. The van der Waals surface area contributed by atoms with Crippen LogP contribution in [0.1, 0.15) is 47.2 Å². The van der Waals surface area contributed by atoms with Crippen molar-refractivity contribution in [1.29, 1.82) is 0 Å². The molecule has 3 aromatic rings. The van der Waals surface area contributed by atoms with E-state index in [-0.39, 0.29) is 0 Å². The molecule has 0 radical (unpaired) electrons. The van der Waals surface area contributed by atoms with Gasteiger partial charge in [-0.2, -0.15) is 5.10 Å². The van der Waals surface area contributed by atoms with Crippen molar-refractivity contribution in [2.75, 3.05) is 7.11 Å². The molecule has 1 saturated carbocycles. The zero-order valence-corrected chi connectivity index (χ0v) is 15.0. The number of hydrogen-bond donors (Lipinski definition) is 0. The third-order valence-electron chi connectivity index (χ3n) is 4.67. The number of nitrogens with zero attached hydrogens (tertiary/aromatic N) is 4. The number of hydrogen-bond acceptors (Lipinski definition) is 5. The second-order valence-electron chi connectivity index (χ2n) is 6.73. The van der Waals surface area contributed by atoms with Gasteiger partial charge in [0.25, 0.3) is 0 Å². The molecule has 0 unspecified atom stereocenters. The van der Waals surface area contributed by atoms with E-state index in [4.69, 9.17) is 14.1 Å². The average Bonchev–Trinajstić information content (AvgIpc) is 3.24. The summed E-state index contributed by atoms with van der Waals surface area (Å²) >= 11 is 0. The Bertz CT molecular complexity index is 922. The van der Waals surface area contributed by atoms with Crippen LogP contribution >= 0.6 is 0 Å². The molecule has 0 atom stereocenters. The standard InChI is InChI=1S/C19H22N4O2/c1-11-8-17(24-4)12(2)7-15(11)19-21-16(13(3)25-19)9-23-10-20-18(22-23)14-5-6-14/h7-8,10,14H,5-6,9H2,1-4H3. The maximum absolute atomic E-state index is 5.94. The molecule has 0 aliphatic heterocycles. The highest BCUT2D eigenvalue weighted by atomic mass is 16.5. The van der Waals surface area contributed by atoms with Crippen LogP contribution in [0.25, 0.3) is 11.5 Å². The first-order chi connectivity index (χ1) is 12.0. The van der Waals surface area contributed by atoms with Gasteiger partial charge in [0.05, 0.1) is 13.7 Å². The Hall–Kier alpha value is -2.63. The molecule has 0 saturated heterocycles. The molecule has 2 aromatic heterocycles. The second kappa shape index (κ2) is 6.02. The van der Waals surface area contributed by atoms with Gasteiger partial charge in [0.2, 0.25) is 5.89 Å². The van der Waals surface area contributed by atoms with Crippen molar-refractivity contribution in [3.8, 4) is 17.2 Å². The molecular weight excluding hydrogens is 316 g/mol. The summed E-state index contributed by atoms with van der Waals surface area (Å²) in [6.07, 6.45) is 4.19. The maximum atomic E-state index is 5.94. The Kier molecular flexibility index (Phi) is 3.82. The predicted molar refractivity (Wildman–Crippen MR) is 93.8 cm³/mol.